The molecule has 2 unspecified atom stereocenters. The van der Waals surface area contributed by atoms with E-state index in [0.717, 1.165) is 10.6 Å². The molecule has 2 aromatic carbocycles. The number of fused-ring (bicyclic) bond motifs is 1. The highest BCUT2D eigenvalue weighted by Gasteiger charge is 2.40. The van der Waals surface area contributed by atoms with Crippen LogP contribution in [0.4, 0.5) is 11.4 Å². The Hall–Kier alpha value is -2.71. The monoisotopic (exact) mass is 442 g/mol. The third-order valence-electron chi connectivity index (χ3n) is 5.69. The number of carbonyl (C=O) groups excluding carboxylic acids is 2. The fourth-order valence-electron chi connectivity index (χ4n) is 4.17. The van der Waals surface area contributed by atoms with Gasteiger partial charge in [0.1, 0.15) is 0 Å². The van der Waals surface area contributed by atoms with E-state index in [1.54, 1.807) is 50.2 Å². The Balaban J connectivity index is 1.87. The lowest BCUT2D eigenvalue weighted by atomic mass is 10.1. The van der Waals surface area contributed by atoms with Gasteiger partial charge in [0.15, 0.2) is 9.84 Å². The molecule has 2 aliphatic rings. The average molecular weight is 443 g/mol. The summed E-state index contributed by atoms with van der Waals surface area (Å²) in [6, 6.07) is 11.4. The zero-order chi connectivity index (χ0) is 22.5. The first-order valence-corrected chi connectivity index (χ1v) is 11.9. The Morgan fingerprint density at radius 1 is 0.935 bits per heavy atom. The van der Waals surface area contributed by atoms with Gasteiger partial charge in [0, 0.05) is 18.8 Å². The van der Waals surface area contributed by atoms with E-state index in [2.05, 4.69) is 4.90 Å². The molecule has 0 aromatic heterocycles. The van der Waals surface area contributed by atoms with Gasteiger partial charge in [0.05, 0.1) is 39.2 Å². The predicted octanol–water partition coefficient (Wildman–Crippen LogP) is 3.28. The largest absolute Gasteiger partial charge is 0.372 e. The smallest absolute Gasteiger partial charge is 0.266 e. The normalized spacial score (nSPS) is 21.7. The number of benzene rings is 2. The van der Waals surface area contributed by atoms with E-state index in [-0.39, 0.29) is 33.9 Å². The minimum atomic E-state index is -3.74. The Morgan fingerprint density at radius 3 is 2.00 bits per heavy atom. The average Bonchev–Trinajstić information content (AvgIpc) is 2.97. The van der Waals surface area contributed by atoms with Crippen molar-refractivity contribution in [3.05, 3.63) is 53.6 Å². The van der Waals surface area contributed by atoms with Crippen LogP contribution in [0, 0.1) is 0 Å². The summed E-state index contributed by atoms with van der Waals surface area (Å²) in [5.74, 6) is -1.02. The Labute approximate surface area is 182 Å². The summed E-state index contributed by atoms with van der Waals surface area (Å²) >= 11 is 0. The van der Waals surface area contributed by atoms with Crippen LogP contribution in [0.1, 0.15) is 48.4 Å². The van der Waals surface area contributed by atoms with Crippen LogP contribution >= 0.6 is 0 Å². The van der Waals surface area contributed by atoms with Gasteiger partial charge in [-0.05, 0) is 58.0 Å². The van der Waals surface area contributed by atoms with Gasteiger partial charge < -0.3 is 9.64 Å². The highest BCUT2D eigenvalue weighted by atomic mass is 32.2. The molecule has 2 aromatic rings. The van der Waals surface area contributed by atoms with Gasteiger partial charge in [-0.3, -0.25) is 9.59 Å². The third-order valence-corrected chi connectivity index (χ3v) is 7.89. The molecule has 2 heterocycles. The SMILES string of the molecule is CC1CN(c2ccc(S(=O)(=O)C(C)C)c(N3C(=O)c4ccccc4C3=O)c2)CC(C)O1. The minimum Gasteiger partial charge on any atom is -0.372 e. The van der Waals surface area contributed by atoms with Crippen molar-refractivity contribution < 1.29 is 22.7 Å². The molecule has 0 saturated carbocycles. The molecule has 8 heteroatoms. The first kappa shape index (κ1) is 21.5. The van der Waals surface area contributed by atoms with Gasteiger partial charge in [0.2, 0.25) is 0 Å². The molecule has 0 N–H and O–H groups in total. The maximum Gasteiger partial charge on any atom is 0.266 e. The fourth-order valence-corrected chi connectivity index (χ4v) is 5.38. The molecule has 1 saturated heterocycles. The summed E-state index contributed by atoms with van der Waals surface area (Å²) in [7, 11) is -3.74. The Kier molecular flexibility index (Phi) is 5.39. The van der Waals surface area contributed by atoms with Crippen LogP contribution in [-0.4, -0.2) is 50.8 Å². The van der Waals surface area contributed by atoms with E-state index in [0.29, 0.717) is 13.1 Å². The van der Waals surface area contributed by atoms with Crippen LogP contribution < -0.4 is 9.80 Å². The first-order chi connectivity index (χ1) is 14.6. The van der Waals surface area contributed by atoms with Gasteiger partial charge in [0.25, 0.3) is 11.8 Å². The molecule has 31 heavy (non-hydrogen) atoms. The Morgan fingerprint density at radius 2 is 1.48 bits per heavy atom. The van der Waals surface area contributed by atoms with E-state index >= 15 is 0 Å². The number of nitrogens with zero attached hydrogens (tertiary/aromatic N) is 2. The number of hydrogen-bond acceptors (Lipinski definition) is 6. The predicted molar refractivity (Wildman–Crippen MR) is 119 cm³/mol. The van der Waals surface area contributed by atoms with Crippen molar-refractivity contribution in [2.45, 2.75) is 50.0 Å². The van der Waals surface area contributed by atoms with Crippen molar-refractivity contribution in [2.24, 2.45) is 0 Å². The van der Waals surface area contributed by atoms with Gasteiger partial charge in [-0.25, -0.2) is 13.3 Å². The molecule has 7 nitrogen and oxygen atoms in total. The second-order valence-electron chi connectivity index (χ2n) is 8.40. The number of anilines is 2. The van der Waals surface area contributed by atoms with Gasteiger partial charge >= 0.3 is 0 Å². The maximum atomic E-state index is 13.1. The Bertz CT molecular complexity index is 1110. The number of sulfone groups is 1. The van der Waals surface area contributed by atoms with E-state index in [4.69, 9.17) is 4.74 Å². The van der Waals surface area contributed by atoms with Crippen molar-refractivity contribution in [3.63, 3.8) is 0 Å². The fraction of sp³-hybridized carbons (Fsp3) is 0.391. The number of imide groups is 1. The molecule has 2 aliphatic heterocycles. The highest BCUT2D eigenvalue weighted by molar-refractivity contribution is 7.92. The molecule has 164 valence electrons. The molecule has 2 atom stereocenters. The molecule has 1 fully saturated rings. The van der Waals surface area contributed by atoms with Crippen molar-refractivity contribution in [1.82, 2.24) is 0 Å². The minimum absolute atomic E-state index is 0.00517. The summed E-state index contributed by atoms with van der Waals surface area (Å²) in [4.78, 5) is 29.3. The topological polar surface area (TPSA) is 84.0 Å². The lowest BCUT2D eigenvalue weighted by molar-refractivity contribution is -0.00522. The van der Waals surface area contributed by atoms with E-state index in [1.807, 2.05) is 13.8 Å². The lowest BCUT2D eigenvalue weighted by Crippen LogP contribution is -2.45. The maximum absolute atomic E-state index is 13.1. The quantitative estimate of drug-likeness (QED) is 0.676. The lowest BCUT2D eigenvalue weighted by Gasteiger charge is -2.37. The highest BCUT2D eigenvalue weighted by Crippen LogP contribution is 2.37. The van der Waals surface area contributed by atoms with Crippen molar-refractivity contribution in [3.8, 4) is 0 Å². The zero-order valence-corrected chi connectivity index (χ0v) is 18.8. The zero-order valence-electron chi connectivity index (χ0n) is 18.0. The van der Waals surface area contributed by atoms with Crippen LogP contribution in [0.25, 0.3) is 0 Å². The van der Waals surface area contributed by atoms with E-state index < -0.39 is 26.9 Å². The second kappa shape index (κ2) is 7.76. The standard InChI is InChI=1S/C23H26N2O5S/c1-14(2)31(28,29)21-10-9-17(24-12-15(3)30-16(4)13-24)11-20(21)25-22(26)18-7-5-6-8-19(18)23(25)27/h5-11,14-16H,12-13H2,1-4H3. The van der Waals surface area contributed by atoms with Crippen molar-refractivity contribution in [2.75, 3.05) is 22.9 Å². The molecule has 0 aliphatic carbocycles. The van der Waals surface area contributed by atoms with Crippen LogP contribution in [-0.2, 0) is 14.6 Å². The molecule has 0 bridgehead atoms. The summed E-state index contributed by atoms with van der Waals surface area (Å²) in [5, 5.41) is -0.698. The van der Waals surface area contributed by atoms with Crippen molar-refractivity contribution in [1.29, 1.82) is 0 Å². The van der Waals surface area contributed by atoms with Crippen LogP contribution in [0.5, 0.6) is 0 Å². The van der Waals surface area contributed by atoms with Gasteiger partial charge in [-0.1, -0.05) is 12.1 Å². The van der Waals surface area contributed by atoms with Gasteiger partial charge in [-0.15, -0.1) is 0 Å². The third kappa shape index (κ3) is 3.64. The number of carbonyl (C=O) groups is 2. The van der Waals surface area contributed by atoms with E-state index in [1.165, 1.54) is 6.07 Å². The van der Waals surface area contributed by atoms with Crippen LogP contribution in [0.2, 0.25) is 0 Å². The number of amides is 2. The van der Waals surface area contributed by atoms with Crippen molar-refractivity contribution >= 4 is 33.0 Å². The number of morpholine rings is 1. The molecule has 2 amide bonds. The first-order valence-electron chi connectivity index (χ1n) is 10.4. The number of hydrogen-bond donors (Lipinski definition) is 0. The molecular formula is C23H26N2O5S. The molecule has 0 radical (unpaired) electrons. The van der Waals surface area contributed by atoms with Crippen LogP contribution in [0.15, 0.2) is 47.4 Å². The number of rotatable bonds is 4. The summed E-state index contributed by atoms with van der Waals surface area (Å²) in [6.07, 6.45) is 0.0103. The second-order valence-corrected chi connectivity index (χ2v) is 10.9. The summed E-state index contributed by atoms with van der Waals surface area (Å²) in [5.41, 5.74) is 1.40. The van der Waals surface area contributed by atoms with E-state index in [9.17, 15) is 18.0 Å². The molecular weight excluding hydrogens is 416 g/mol. The molecule has 4 rings (SSSR count). The number of ether oxygens (including phenoxy) is 1. The van der Waals surface area contributed by atoms with Gasteiger partial charge in [-0.2, -0.15) is 0 Å². The molecule has 0 spiro atoms. The summed E-state index contributed by atoms with van der Waals surface area (Å²) in [6.45, 7) is 8.38. The van der Waals surface area contributed by atoms with Crippen LogP contribution in [0.3, 0.4) is 0 Å². The summed E-state index contributed by atoms with van der Waals surface area (Å²) < 4.78 is 32.0.